The summed E-state index contributed by atoms with van der Waals surface area (Å²) in [5.41, 5.74) is -1.34. The zero-order valence-corrected chi connectivity index (χ0v) is 19.7. The molecule has 3 unspecified atom stereocenters. The first-order chi connectivity index (χ1) is 16.1. The average Bonchev–Trinajstić information content (AvgIpc) is 2.79. The van der Waals surface area contributed by atoms with Crippen molar-refractivity contribution in [3.63, 3.8) is 0 Å². The van der Waals surface area contributed by atoms with Gasteiger partial charge in [-0.05, 0) is 38.5 Å². The number of esters is 2. The van der Waals surface area contributed by atoms with Gasteiger partial charge in [0, 0.05) is 34.3 Å². The molecule has 0 aliphatic carbocycles. The SMILES string of the molecule is CCOC(=O)C1=C(C)NC(O)(c2ccc(Cl)cc2)C(C(=O)OCC)C1c1cccc([N+](=O)[O-])c1. The number of nitrogens with zero attached hydrogens (tertiary/aromatic N) is 1. The van der Waals surface area contributed by atoms with Crippen molar-refractivity contribution in [3.05, 3.63) is 86.1 Å². The number of ether oxygens (including phenoxy) is 2. The molecule has 0 bridgehead atoms. The molecule has 1 heterocycles. The number of allylic oxidation sites excluding steroid dienone is 1. The minimum absolute atomic E-state index is 0.0190. The number of halogens is 1. The Hall–Kier alpha value is -3.43. The van der Waals surface area contributed by atoms with Gasteiger partial charge >= 0.3 is 11.9 Å². The van der Waals surface area contributed by atoms with Crippen molar-refractivity contribution in [1.82, 2.24) is 5.32 Å². The highest BCUT2D eigenvalue weighted by molar-refractivity contribution is 6.30. The highest BCUT2D eigenvalue weighted by Crippen LogP contribution is 2.48. The fourth-order valence-electron chi connectivity index (χ4n) is 4.25. The smallest absolute Gasteiger partial charge is 0.336 e. The number of hydrogen-bond acceptors (Lipinski definition) is 8. The molecule has 10 heteroatoms. The van der Waals surface area contributed by atoms with Crippen LogP contribution in [0.5, 0.6) is 0 Å². The van der Waals surface area contributed by atoms with E-state index < -0.39 is 34.4 Å². The summed E-state index contributed by atoms with van der Waals surface area (Å²) in [5, 5.41) is 26.7. The van der Waals surface area contributed by atoms with Crippen LogP contribution in [0.25, 0.3) is 0 Å². The zero-order valence-electron chi connectivity index (χ0n) is 18.9. The van der Waals surface area contributed by atoms with Crippen LogP contribution < -0.4 is 5.32 Å². The van der Waals surface area contributed by atoms with E-state index in [4.69, 9.17) is 21.1 Å². The molecule has 0 spiro atoms. The molecule has 34 heavy (non-hydrogen) atoms. The van der Waals surface area contributed by atoms with Gasteiger partial charge in [-0.25, -0.2) is 4.79 Å². The number of rotatable bonds is 7. The summed E-state index contributed by atoms with van der Waals surface area (Å²) in [5.74, 6) is -4.01. The first-order valence-corrected chi connectivity index (χ1v) is 11.1. The number of nitro benzene ring substituents is 1. The average molecular weight is 489 g/mol. The van der Waals surface area contributed by atoms with Gasteiger partial charge in [-0.1, -0.05) is 35.9 Å². The molecule has 9 nitrogen and oxygen atoms in total. The second-order valence-corrected chi connectivity index (χ2v) is 8.15. The predicted molar refractivity (Wildman–Crippen MR) is 124 cm³/mol. The quantitative estimate of drug-likeness (QED) is 0.342. The van der Waals surface area contributed by atoms with Crippen LogP contribution in [-0.2, 0) is 24.8 Å². The minimum atomic E-state index is -2.02. The van der Waals surface area contributed by atoms with E-state index in [2.05, 4.69) is 5.32 Å². The van der Waals surface area contributed by atoms with E-state index in [1.807, 2.05) is 0 Å². The maximum Gasteiger partial charge on any atom is 0.336 e. The van der Waals surface area contributed by atoms with Crippen LogP contribution in [0.3, 0.4) is 0 Å². The van der Waals surface area contributed by atoms with Crippen LogP contribution in [-0.4, -0.2) is 35.2 Å². The van der Waals surface area contributed by atoms with Gasteiger partial charge in [-0.15, -0.1) is 0 Å². The fourth-order valence-corrected chi connectivity index (χ4v) is 4.37. The van der Waals surface area contributed by atoms with Crippen molar-refractivity contribution in [3.8, 4) is 0 Å². The molecule has 0 amide bonds. The van der Waals surface area contributed by atoms with Crippen LogP contribution in [0.4, 0.5) is 5.69 Å². The van der Waals surface area contributed by atoms with Gasteiger partial charge in [0.2, 0.25) is 0 Å². The first-order valence-electron chi connectivity index (χ1n) is 10.7. The number of hydrogen-bond donors (Lipinski definition) is 2. The van der Waals surface area contributed by atoms with Crippen molar-refractivity contribution in [2.75, 3.05) is 13.2 Å². The van der Waals surface area contributed by atoms with Gasteiger partial charge in [0.1, 0.15) is 5.92 Å². The number of carbonyl (C=O) groups is 2. The van der Waals surface area contributed by atoms with E-state index in [0.717, 1.165) is 0 Å². The molecule has 0 radical (unpaired) electrons. The maximum atomic E-state index is 13.3. The number of non-ortho nitro benzene ring substituents is 1. The Kier molecular flexibility index (Phi) is 7.58. The number of benzene rings is 2. The molecule has 2 aromatic carbocycles. The molecule has 3 atom stereocenters. The lowest BCUT2D eigenvalue weighted by atomic mass is 9.69. The molecule has 0 aromatic heterocycles. The van der Waals surface area contributed by atoms with E-state index in [1.54, 1.807) is 51.1 Å². The monoisotopic (exact) mass is 488 g/mol. The van der Waals surface area contributed by atoms with E-state index in [0.29, 0.717) is 10.6 Å². The Labute approximate surface area is 201 Å². The normalized spacial score (nSPS) is 22.0. The number of aliphatic hydroxyl groups is 1. The standard InChI is InChI=1S/C24H25ClN2O7/c1-4-33-22(28)19-14(3)26-24(30,16-9-11-17(25)12-10-16)21(23(29)34-5-2)20(19)15-7-6-8-18(13-15)27(31)32/h6-13,20-21,26,30H,4-5H2,1-3H3. The molecule has 2 N–H and O–H groups in total. The zero-order chi connectivity index (χ0) is 25.0. The van der Waals surface area contributed by atoms with Crippen molar-refractivity contribution in [2.45, 2.75) is 32.4 Å². The van der Waals surface area contributed by atoms with E-state index in [1.165, 1.54) is 18.2 Å². The summed E-state index contributed by atoms with van der Waals surface area (Å²) in [6.07, 6.45) is 0. The predicted octanol–water partition coefficient (Wildman–Crippen LogP) is 3.80. The number of nitro groups is 1. The van der Waals surface area contributed by atoms with Crippen molar-refractivity contribution in [1.29, 1.82) is 0 Å². The summed E-state index contributed by atoms with van der Waals surface area (Å²) < 4.78 is 10.5. The van der Waals surface area contributed by atoms with Gasteiger partial charge in [0.25, 0.3) is 5.69 Å². The summed E-state index contributed by atoms with van der Waals surface area (Å²) in [7, 11) is 0. The Morgan fingerprint density at radius 1 is 1.15 bits per heavy atom. The summed E-state index contributed by atoms with van der Waals surface area (Å²) in [6.45, 7) is 4.91. The van der Waals surface area contributed by atoms with E-state index in [-0.39, 0.29) is 35.7 Å². The van der Waals surface area contributed by atoms with Gasteiger partial charge < -0.3 is 19.9 Å². The summed E-state index contributed by atoms with van der Waals surface area (Å²) in [6, 6.07) is 11.8. The topological polar surface area (TPSA) is 128 Å². The Morgan fingerprint density at radius 2 is 1.79 bits per heavy atom. The Morgan fingerprint density at radius 3 is 2.38 bits per heavy atom. The molecule has 2 aromatic rings. The molecule has 1 aliphatic rings. The summed E-state index contributed by atoms with van der Waals surface area (Å²) >= 11 is 6.02. The largest absolute Gasteiger partial charge is 0.466 e. The molecular weight excluding hydrogens is 464 g/mol. The number of carbonyl (C=O) groups excluding carboxylic acids is 2. The molecular formula is C24H25ClN2O7. The second kappa shape index (κ2) is 10.2. The molecule has 3 rings (SSSR count). The molecule has 0 saturated heterocycles. The molecule has 0 fully saturated rings. The summed E-state index contributed by atoms with van der Waals surface area (Å²) in [4.78, 5) is 37.2. The third-order valence-corrected chi connectivity index (χ3v) is 5.89. The van der Waals surface area contributed by atoms with Crippen LogP contribution in [0, 0.1) is 16.0 Å². The molecule has 180 valence electrons. The van der Waals surface area contributed by atoms with Crippen LogP contribution in [0.2, 0.25) is 5.02 Å². The van der Waals surface area contributed by atoms with Crippen LogP contribution in [0.1, 0.15) is 37.8 Å². The lowest BCUT2D eigenvalue weighted by Crippen LogP contribution is -2.57. The van der Waals surface area contributed by atoms with Crippen molar-refractivity contribution >= 4 is 29.2 Å². The minimum Gasteiger partial charge on any atom is -0.466 e. The molecule has 0 saturated carbocycles. The van der Waals surface area contributed by atoms with Gasteiger partial charge in [0.15, 0.2) is 5.72 Å². The lowest BCUT2D eigenvalue weighted by molar-refractivity contribution is -0.384. The highest BCUT2D eigenvalue weighted by atomic mass is 35.5. The van der Waals surface area contributed by atoms with E-state index in [9.17, 15) is 24.8 Å². The van der Waals surface area contributed by atoms with Crippen LogP contribution in [0.15, 0.2) is 59.8 Å². The van der Waals surface area contributed by atoms with Gasteiger partial charge in [0.05, 0.1) is 23.7 Å². The van der Waals surface area contributed by atoms with Crippen LogP contribution >= 0.6 is 11.6 Å². The molecule has 1 aliphatic heterocycles. The Balaban J connectivity index is 2.33. The fraction of sp³-hybridized carbons (Fsp3) is 0.333. The van der Waals surface area contributed by atoms with E-state index >= 15 is 0 Å². The third-order valence-electron chi connectivity index (χ3n) is 5.64. The first kappa shape index (κ1) is 25.2. The van der Waals surface area contributed by atoms with Gasteiger partial charge in [-0.2, -0.15) is 0 Å². The maximum absolute atomic E-state index is 13.3. The second-order valence-electron chi connectivity index (χ2n) is 7.72. The highest BCUT2D eigenvalue weighted by Gasteiger charge is 2.55. The number of nitrogens with one attached hydrogen (secondary N) is 1. The third kappa shape index (κ3) is 4.76. The van der Waals surface area contributed by atoms with Gasteiger partial charge in [-0.3, -0.25) is 14.9 Å². The Bertz CT molecular complexity index is 1130. The lowest BCUT2D eigenvalue weighted by Gasteiger charge is -2.45. The van der Waals surface area contributed by atoms with Crippen molar-refractivity contribution < 1.29 is 29.1 Å². The van der Waals surface area contributed by atoms with Crippen molar-refractivity contribution in [2.24, 2.45) is 5.92 Å².